The number of halogens is 1. The van der Waals surface area contributed by atoms with Crippen LogP contribution in [0.5, 0.6) is 0 Å². The Kier molecular flexibility index (Phi) is 5.22. The SMILES string of the molecule is CC(C)(C)N1CC(C(=O)N2CCN(C(=O)c3ccccc3F)CC2)CC1=O. The highest BCUT2D eigenvalue weighted by molar-refractivity contribution is 5.95. The number of carbonyl (C=O) groups is 3. The van der Waals surface area contributed by atoms with E-state index in [0.29, 0.717) is 32.7 Å². The van der Waals surface area contributed by atoms with E-state index in [1.54, 1.807) is 26.8 Å². The molecule has 1 atom stereocenters. The summed E-state index contributed by atoms with van der Waals surface area (Å²) in [6.45, 7) is 7.86. The second-order valence-corrected chi connectivity index (χ2v) is 8.17. The lowest BCUT2D eigenvalue weighted by molar-refractivity contribution is -0.137. The lowest BCUT2D eigenvalue weighted by atomic mass is 10.1. The highest BCUT2D eigenvalue weighted by atomic mass is 19.1. The van der Waals surface area contributed by atoms with Crippen molar-refractivity contribution >= 4 is 17.7 Å². The third-order valence-electron chi connectivity index (χ3n) is 5.27. The first-order valence-corrected chi connectivity index (χ1v) is 9.31. The van der Waals surface area contributed by atoms with Crippen LogP contribution in [-0.4, -0.2) is 70.7 Å². The molecule has 27 heavy (non-hydrogen) atoms. The second-order valence-electron chi connectivity index (χ2n) is 8.17. The van der Waals surface area contributed by atoms with Crippen molar-refractivity contribution in [1.82, 2.24) is 14.7 Å². The minimum Gasteiger partial charge on any atom is -0.339 e. The Morgan fingerprint density at radius 3 is 2.19 bits per heavy atom. The fourth-order valence-electron chi connectivity index (χ4n) is 3.71. The first-order valence-electron chi connectivity index (χ1n) is 9.31. The van der Waals surface area contributed by atoms with Crippen molar-refractivity contribution in [1.29, 1.82) is 0 Å². The summed E-state index contributed by atoms with van der Waals surface area (Å²) in [5.74, 6) is -1.24. The van der Waals surface area contributed by atoms with Crippen LogP contribution in [0.3, 0.4) is 0 Å². The summed E-state index contributed by atoms with van der Waals surface area (Å²) in [6.07, 6.45) is 0.241. The number of nitrogens with zero attached hydrogens (tertiary/aromatic N) is 3. The molecule has 6 nitrogen and oxygen atoms in total. The molecule has 0 saturated carbocycles. The van der Waals surface area contributed by atoms with Crippen LogP contribution in [0, 0.1) is 11.7 Å². The van der Waals surface area contributed by atoms with Crippen LogP contribution in [0.15, 0.2) is 24.3 Å². The van der Waals surface area contributed by atoms with Crippen molar-refractivity contribution < 1.29 is 18.8 Å². The molecule has 0 aromatic heterocycles. The lowest BCUT2D eigenvalue weighted by Gasteiger charge is -2.36. The summed E-state index contributed by atoms with van der Waals surface area (Å²) in [6, 6.07) is 5.92. The zero-order valence-electron chi connectivity index (χ0n) is 16.1. The number of benzene rings is 1. The summed E-state index contributed by atoms with van der Waals surface area (Å²) in [7, 11) is 0. The van der Waals surface area contributed by atoms with Gasteiger partial charge in [-0.3, -0.25) is 14.4 Å². The number of amides is 3. The largest absolute Gasteiger partial charge is 0.339 e. The molecule has 1 aromatic rings. The number of hydrogen-bond donors (Lipinski definition) is 0. The van der Waals surface area contributed by atoms with E-state index in [-0.39, 0.29) is 41.2 Å². The topological polar surface area (TPSA) is 60.9 Å². The van der Waals surface area contributed by atoms with Crippen molar-refractivity contribution in [2.24, 2.45) is 5.92 Å². The number of hydrogen-bond acceptors (Lipinski definition) is 3. The third kappa shape index (κ3) is 3.96. The molecule has 1 aromatic carbocycles. The van der Waals surface area contributed by atoms with Crippen LogP contribution >= 0.6 is 0 Å². The van der Waals surface area contributed by atoms with Gasteiger partial charge in [-0.2, -0.15) is 0 Å². The number of rotatable bonds is 2. The van der Waals surface area contributed by atoms with Crippen molar-refractivity contribution in [2.75, 3.05) is 32.7 Å². The van der Waals surface area contributed by atoms with Gasteiger partial charge in [0.25, 0.3) is 5.91 Å². The second kappa shape index (κ2) is 7.29. The van der Waals surface area contributed by atoms with E-state index in [2.05, 4.69) is 0 Å². The number of piperazine rings is 1. The van der Waals surface area contributed by atoms with E-state index < -0.39 is 5.82 Å². The van der Waals surface area contributed by atoms with Gasteiger partial charge in [0.15, 0.2) is 0 Å². The molecule has 2 saturated heterocycles. The van der Waals surface area contributed by atoms with Gasteiger partial charge in [-0.05, 0) is 32.9 Å². The van der Waals surface area contributed by atoms with Crippen LogP contribution < -0.4 is 0 Å². The molecule has 2 aliphatic rings. The molecule has 2 heterocycles. The molecule has 7 heteroatoms. The van der Waals surface area contributed by atoms with Crippen LogP contribution in [-0.2, 0) is 9.59 Å². The Bertz CT molecular complexity index is 751. The molecular formula is C20H26FN3O3. The summed E-state index contributed by atoms with van der Waals surface area (Å²) in [4.78, 5) is 42.5. The zero-order chi connectivity index (χ0) is 19.8. The first kappa shape index (κ1) is 19.3. The highest BCUT2D eigenvalue weighted by Crippen LogP contribution is 2.27. The van der Waals surface area contributed by atoms with Gasteiger partial charge in [-0.15, -0.1) is 0 Å². The van der Waals surface area contributed by atoms with E-state index in [0.717, 1.165) is 0 Å². The Labute approximate surface area is 158 Å². The van der Waals surface area contributed by atoms with Gasteiger partial charge in [0.2, 0.25) is 11.8 Å². The monoisotopic (exact) mass is 375 g/mol. The van der Waals surface area contributed by atoms with E-state index >= 15 is 0 Å². The predicted octanol–water partition coefficient (Wildman–Crippen LogP) is 1.76. The Balaban J connectivity index is 1.58. The van der Waals surface area contributed by atoms with E-state index in [1.807, 2.05) is 20.8 Å². The molecule has 0 radical (unpaired) electrons. The molecule has 3 rings (SSSR count). The maximum Gasteiger partial charge on any atom is 0.256 e. The van der Waals surface area contributed by atoms with Gasteiger partial charge in [-0.1, -0.05) is 12.1 Å². The molecule has 0 bridgehead atoms. The molecule has 2 aliphatic heterocycles. The minimum absolute atomic E-state index is 0.00853. The smallest absolute Gasteiger partial charge is 0.256 e. The molecule has 2 fully saturated rings. The van der Waals surface area contributed by atoms with Gasteiger partial charge < -0.3 is 14.7 Å². The quantitative estimate of drug-likeness (QED) is 0.791. The fraction of sp³-hybridized carbons (Fsp3) is 0.550. The minimum atomic E-state index is -0.534. The maximum atomic E-state index is 13.8. The van der Waals surface area contributed by atoms with E-state index in [1.165, 1.54) is 12.1 Å². The summed E-state index contributed by atoms with van der Waals surface area (Å²) in [5, 5.41) is 0. The molecule has 1 unspecified atom stereocenters. The highest BCUT2D eigenvalue weighted by Gasteiger charge is 2.41. The Morgan fingerprint density at radius 2 is 1.63 bits per heavy atom. The molecule has 0 aliphatic carbocycles. The molecule has 0 N–H and O–H groups in total. The van der Waals surface area contributed by atoms with Crippen LogP contribution in [0.2, 0.25) is 0 Å². The molecule has 3 amide bonds. The standard InChI is InChI=1S/C20H26FN3O3/c1-20(2,3)24-13-14(12-17(24)25)18(26)22-8-10-23(11-9-22)19(27)15-6-4-5-7-16(15)21/h4-7,14H,8-13H2,1-3H3. The van der Waals surface area contributed by atoms with Crippen molar-refractivity contribution in [3.8, 4) is 0 Å². The van der Waals surface area contributed by atoms with Gasteiger partial charge in [0, 0.05) is 44.7 Å². The molecule has 0 spiro atoms. The van der Waals surface area contributed by atoms with Gasteiger partial charge in [-0.25, -0.2) is 4.39 Å². The van der Waals surface area contributed by atoms with Crippen LogP contribution in [0.25, 0.3) is 0 Å². The van der Waals surface area contributed by atoms with Crippen LogP contribution in [0.1, 0.15) is 37.6 Å². The number of likely N-dealkylation sites (tertiary alicyclic amines) is 1. The average Bonchev–Trinajstić information content (AvgIpc) is 3.03. The average molecular weight is 375 g/mol. The van der Waals surface area contributed by atoms with Gasteiger partial charge in [0.1, 0.15) is 5.82 Å². The molecular weight excluding hydrogens is 349 g/mol. The lowest BCUT2D eigenvalue weighted by Crippen LogP contribution is -2.52. The Morgan fingerprint density at radius 1 is 1.04 bits per heavy atom. The first-order chi connectivity index (χ1) is 12.7. The Hall–Kier alpha value is -2.44. The van der Waals surface area contributed by atoms with Crippen molar-refractivity contribution in [2.45, 2.75) is 32.7 Å². The van der Waals surface area contributed by atoms with Gasteiger partial charge in [0.05, 0.1) is 11.5 Å². The predicted molar refractivity (Wildman–Crippen MR) is 98.5 cm³/mol. The van der Waals surface area contributed by atoms with Crippen LogP contribution in [0.4, 0.5) is 4.39 Å². The summed E-state index contributed by atoms with van der Waals surface area (Å²) >= 11 is 0. The molecule has 146 valence electrons. The fourth-order valence-corrected chi connectivity index (χ4v) is 3.71. The third-order valence-corrected chi connectivity index (χ3v) is 5.27. The summed E-state index contributed by atoms with van der Waals surface area (Å²) < 4.78 is 13.8. The van der Waals surface area contributed by atoms with E-state index in [9.17, 15) is 18.8 Å². The van der Waals surface area contributed by atoms with Crippen molar-refractivity contribution in [3.05, 3.63) is 35.6 Å². The zero-order valence-corrected chi connectivity index (χ0v) is 16.1. The van der Waals surface area contributed by atoms with Crippen molar-refractivity contribution in [3.63, 3.8) is 0 Å². The van der Waals surface area contributed by atoms with Gasteiger partial charge >= 0.3 is 0 Å². The van der Waals surface area contributed by atoms with E-state index in [4.69, 9.17) is 0 Å². The normalized spacial score (nSPS) is 21.0. The summed E-state index contributed by atoms with van der Waals surface area (Å²) in [5.41, 5.74) is -0.240. The maximum absolute atomic E-state index is 13.8. The number of carbonyl (C=O) groups excluding carboxylic acids is 3.